The normalized spacial score (nSPS) is 10.2. The van der Waals surface area contributed by atoms with Gasteiger partial charge in [-0.05, 0) is 32.1 Å². The fourth-order valence-electron chi connectivity index (χ4n) is 2.35. The van der Waals surface area contributed by atoms with Gasteiger partial charge in [0.15, 0.2) is 0 Å². The molecule has 0 saturated heterocycles. The molecule has 0 rings (SSSR count). The van der Waals surface area contributed by atoms with Crippen LogP contribution in [0.4, 0.5) is 0 Å². The molecule has 0 aromatic heterocycles. The second-order valence-corrected chi connectivity index (χ2v) is 5.73. The molecule has 0 unspecified atom stereocenters. The first-order valence-corrected chi connectivity index (χ1v) is 8.64. The first-order chi connectivity index (χ1) is 9.77. The molecule has 0 heterocycles. The van der Waals surface area contributed by atoms with E-state index in [0.717, 1.165) is 12.8 Å². The van der Waals surface area contributed by atoms with E-state index in [1.165, 1.54) is 70.6 Å². The van der Waals surface area contributed by atoms with Gasteiger partial charge in [0.05, 0.1) is 0 Å². The van der Waals surface area contributed by atoms with E-state index in [1.54, 1.807) is 0 Å². The third-order valence-electron chi connectivity index (χ3n) is 3.65. The number of aliphatic carboxylic acids is 1. The monoisotopic (exact) mass is 330 g/mol. The molecule has 0 saturated carbocycles. The third kappa shape index (κ3) is 26.1. The molecule has 2 nitrogen and oxygen atoms in total. The predicted octanol–water partition coefficient (Wildman–Crippen LogP) is 4.81. The minimum absolute atomic E-state index is 0. The van der Waals surface area contributed by atoms with E-state index < -0.39 is 5.97 Å². The van der Waals surface area contributed by atoms with Crippen molar-refractivity contribution in [2.75, 3.05) is 0 Å². The van der Waals surface area contributed by atoms with E-state index in [-0.39, 0.29) is 59.1 Å². The summed E-state index contributed by atoms with van der Waals surface area (Å²) in [6.45, 7) is 2.26. The summed E-state index contributed by atoms with van der Waals surface area (Å²) in [5.41, 5.74) is 0. The van der Waals surface area contributed by atoms with Crippen molar-refractivity contribution < 1.29 is 9.90 Å². The number of unbranched alkanes of at least 4 members (excludes halogenated alkanes) is 11. The summed E-state index contributed by atoms with van der Waals surface area (Å²) in [5.74, 6) is -0.664. The van der Waals surface area contributed by atoms with E-state index in [0.29, 0.717) is 6.42 Å². The number of rotatable bonds is 15. The molecule has 122 valence electrons. The number of carboxylic acids is 1. The molecule has 4 heteroatoms. The maximum atomic E-state index is 10.3. The van der Waals surface area contributed by atoms with Gasteiger partial charge in [-0.3, -0.25) is 4.79 Å². The topological polar surface area (TPSA) is 37.3 Å². The van der Waals surface area contributed by atoms with Gasteiger partial charge < -0.3 is 5.11 Å². The zero-order chi connectivity index (χ0) is 14.9. The number of allylic oxidation sites excluding steroid dienone is 2. The molecule has 0 aromatic rings. The Labute approximate surface area is 182 Å². The van der Waals surface area contributed by atoms with E-state index in [1.807, 2.05) is 0 Å². The summed E-state index contributed by atoms with van der Waals surface area (Å²) in [7, 11) is 0. The molecule has 0 atom stereocenters. The standard InChI is InChI=1S/C18H34O2.2Na.2H/c1-2-3-4-5-6-7-8-9-10-11-12-13-14-15-16-17-18(19)20;;;;/h9-10H,2-8,11-17H2,1H3,(H,19,20);;;;/b10-9-;;;;. The molecule has 0 bridgehead atoms. The molecule has 0 radical (unpaired) electrons. The summed E-state index contributed by atoms with van der Waals surface area (Å²) in [6, 6.07) is 0. The summed E-state index contributed by atoms with van der Waals surface area (Å²) in [4.78, 5) is 10.3. The molecule has 0 aromatic carbocycles. The maximum absolute atomic E-state index is 10.3. The Morgan fingerprint density at radius 2 is 1.14 bits per heavy atom. The van der Waals surface area contributed by atoms with Gasteiger partial charge in [-0.2, -0.15) is 0 Å². The van der Waals surface area contributed by atoms with Crippen molar-refractivity contribution in [3.8, 4) is 0 Å². The van der Waals surface area contributed by atoms with Gasteiger partial charge in [0.25, 0.3) is 0 Å². The van der Waals surface area contributed by atoms with Crippen LogP contribution in [0.3, 0.4) is 0 Å². The third-order valence-corrected chi connectivity index (χ3v) is 3.65. The zero-order valence-electron chi connectivity index (χ0n) is 13.4. The van der Waals surface area contributed by atoms with Crippen LogP contribution >= 0.6 is 0 Å². The van der Waals surface area contributed by atoms with Crippen LogP contribution in [0.1, 0.15) is 96.8 Å². The summed E-state index contributed by atoms with van der Waals surface area (Å²) in [6.07, 6.45) is 21.2. The SMILES string of the molecule is CCCCCCCC/C=C\CCCCCCCC(=O)O.[NaH].[NaH]. The van der Waals surface area contributed by atoms with Crippen molar-refractivity contribution in [2.24, 2.45) is 0 Å². The fraction of sp³-hybridized carbons (Fsp3) is 0.833. The van der Waals surface area contributed by atoms with Crippen LogP contribution in [0.15, 0.2) is 12.2 Å². The second-order valence-electron chi connectivity index (χ2n) is 5.73. The van der Waals surface area contributed by atoms with Crippen molar-refractivity contribution in [3.05, 3.63) is 12.2 Å². The Morgan fingerprint density at radius 1 is 0.727 bits per heavy atom. The van der Waals surface area contributed by atoms with Gasteiger partial charge >= 0.3 is 65.1 Å². The number of carbonyl (C=O) groups is 1. The predicted molar refractivity (Wildman–Crippen MR) is 101 cm³/mol. The van der Waals surface area contributed by atoms with Crippen LogP contribution in [-0.4, -0.2) is 70.2 Å². The first-order valence-electron chi connectivity index (χ1n) is 8.64. The van der Waals surface area contributed by atoms with Crippen molar-refractivity contribution in [3.63, 3.8) is 0 Å². The van der Waals surface area contributed by atoms with Gasteiger partial charge in [-0.1, -0.05) is 70.4 Å². The molecular weight excluding hydrogens is 294 g/mol. The van der Waals surface area contributed by atoms with Crippen molar-refractivity contribution in [1.29, 1.82) is 0 Å². The zero-order valence-corrected chi connectivity index (χ0v) is 13.4. The van der Waals surface area contributed by atoms with Crippen molar-refractivity contribution in [2.45, 2.75) is 96.8 Å². The summed E-state index contributed by atoms with van der Waals surface area (Å²) >= 11 is 0. The van der Waals surface area contributed by atoms with Crippen molar-refractivity contribution in [1.82, 2.24) is 0 Å². The summed E-state index contributed by atoms with van der Waals surface area (Å²) < 4.78 is 0. The first kappa shape index (κ1) is 28.0. The molecule has 0 aliphatic carbocycles. The van der Waals surface area contributed by atoms with Gasteiger partial charge in [0.2, 0.25) is 0 Å². The summed E-state index contributed by atoms with van der Waals surface area (Å²) in [5, 5.41) is 8.51. The Morgan fingerprint density at radius 3 is 1.59 bits per heavy atom. The molecule has 0 spiro atoms. The second kappa shape index (κ2) is 24.5. The van der Waals surface area contributed by atoms with E-state index in [2.05, 4.69) is 19.1 Å². The van der Waals surface area contributed by atoms with E-state index >= 15 is 0 Å². The fourth-order valence-corrected chi connectivity index (χ4v) is 2.35. The Kier molecular flexibility index (Phi) is 31.2. The van der Waals surface area contributed by atoms with E-state index in [4.69, 9.17) is 5.11 Å². The molecular formula is C18H36Na2O2. The van der Waals surface area contributed by atoms with Gasteiger partial charge in [-0.25, -0.2) is 0 Å². The average molecular weight is 330 g/mol. The van der Waals surface area contributed by atoms with Crippen LogP contribution in [0.25, 0.3) is 0 Å². The van der Waals surface area contributed by atoms with E-state index in [9.17, 15) is 4.79 Å². The van der Waals surface area contributed by atoms with Gasteiger partial charge in [0.1, 0.15) is 0 Å². The van der Waals surface area contributed by atoms with Crippen LogP contribution in [0.2, 0.25) is 0 Å². The molecule has 1 N–H and O–H groups in total. The quantitative estimate of drug-likeness (QED) is 0.266. The molecule has 0 fully saturated rings. The van der Waals surface area contributed by atoms with Crippen LogP contribution in [0, 0.1) is 0 Å². The van der Waals surface area contributed by atoms with Gasteiger partial charge in [-0.15, -0.1) is 0 Å². The average Bonchev–Trinajstić information content (AvgIpc) is 2.43. The Bertz CT molecular complexity index is 243. The number of hydrogen-bond donors (Lipinski definition) is 1. The molecule has 0 amide bonds. The Balaban J connectivity index is -0.00000180. The van der Waals surface area contributed by atoms with Crippen LogP contribution in [-0.2, 0) is 4.79 Å². The van der Waals surface area contributed by atoms with Crippen LogP contribution < -0.4 is 0 Å². The number of carboxylic acid groups (broad SMARTS) is 1. The van der Waals surface area contributed by atoms with Crippen LogP contribution in [0.5, 0.6) is 0 Å². The molecule has 22 heavy (non-hydrogen) atoms. The minimum atomic E-state index is -0.664. The number of hydrogen-bond acceptors (Lipinski definition) is 1. The van der Waals surface area contributed by atoms with Crippen molar-refractivity contribution >= 4 is 65.1 Å². The molecule has 0 aliphatic rings. The molecule has 0 aliphatic heterocycles. The Hall–Kier alpha value is 1.21. The van der Waals surface area contributed by atoms with Gasteiger partial charge in [0, 0.05) is 6.42 Å².